The van der Waals surface area contributed by atoms with Gasteiger partial charge in [-0.1, -0.05) is 18.0 Å². The first kappa shape index (κ1) is 17.0. The van der Waals surface area contributed by atoms with E-state index in [1.54, 1.807) is 6.07 Å². The summed E-state index contributed by atoms with van der Waals surface area (Å²) in [5, 5.41) is 0.336. The van der Waals surface area contributed by atoms with Crippen molar-refractivity contribution in [2.75, 3.05) is 20.2 Å². The Bertz CT molecular complexity index is 624. The molecule has 1 aromatic carbocycles. The maximum Gasteiger partial charge on any atom is 0.247 e. The van der Waals surface area contributed by atoms with Crippen molar-refractivity contribution >= 4 is 37.6 Å². The molecule has 5 nitrogen and oxygen atoms in total. The van der Waals surface area contributed by atoms with Crippen molar-refractivity contribution in [1.82, 2.24) is 4.31 Å². The zero-order chi connectivity index (χ0) is 15.6. The van der Waals surface area contributed by atoms with Crippen LogP contribution < -0.4 is 10.5 Å². The average molecular weight is 398 g/mol. The number of halogens is 2. The molecule has 0 spiro atoms. The van der Waals surface area contributed by atoms with E-state index in [1.165, 1.54) is 17.5 Å². The molecule has 1 fully saturated rings. The summed E-state index contributed by atoms with van der Waals surface area (Å²) in [6.07, 6.45) is 2.60. The molecular formula is C13H18BrClN2O3S. The van der Waals surface area contributed by atoms with Gasteiger partial charge >= 0.3 is 0 Å². The first-order chi connectivity index (χ1) is 9.91. The molecule has 0 amide bonds. The van der Waals surface area contributed by atoms with E-state index >= 15 is 0 Å². The van der Waals surface area contributed by atoms with Crippen molar-refractivity contribution in [3.05, 3.63) is 21.6 Å². The third kappa shape index (κ3) is 3.37. The predicted octanol–water partition coefficient (Wildman–Crippen LogP) is 2.61. The predicted molar refractivity (Wildman–Crippen MR) is 86.3 cm³/mol. The number of benzene rings is 1. The van der Waals surface area contributed by atoms with Crippen molar-refractivity contribution < 1.29 is 13.2 Å². The van der Waals surface area contributed by atoms with Gasteiger partial charge in [-0.25, -0.2) is 8.42 Å². The van der Waals surface area contributed by atoms with E-state index in [-0.39, 0.29) is 16.7 Å². The second kappa shape index (κ2) is 6.83. The smallest absolute Gasteiger partial charge is 0.247 e. The second-order valence-corrected chi connectivity index (χ2v) is 8.07. The minimum absolute atomic E-state index is 0.0738. The zero-order valence-electron chi connectivity index (χ0n) is 11.7. The Balaban J connectivity index is 2.53. The standard InChI is InChI=1S/C13H18BrClN2O3S/c1-20-13-11(14)6-9(15)7-12(13)21(18,19)17-5-3-2-4-10(17)8-16/h6-7,10H,2-5,8,16H2,1H3. The van der Waals surface area contributed by atoms with Crippen LogP contribution in [0.25, 0.3) is 0 Å². The third-order valence-corrected chi connectivity index (χ3v) is 6.37. The molecule has 21 heavy (non-hydrogen) atoms. The number of rotatable bonds is 4. The van der Waals surface area contributed by atoms with Crippen molar-refractivity contribution in [1.29, 1.82) is 0 Å². The molecule has 0 aromatic heterocycles. The summed E-state index contributed by atoms with van der Waals surface area (Å²) in [6.45, 7) is 0.779. The minimum atomic E-state index is -3.70. The average Bonchev–Trinajstić information content (AvgIpc) is 2.46. The van der Waals surface area contributed by atoms with Crippen LogP contribution in [0.15, 0.2) is 21.5 Å². The van der Waals surface area contributed by atoms with Gasteiger partial charge in [0.1, 0.15) is 4.90 Å². The van der Waals surface area contributed by atoms with Crippen molar-refractivity contribution in [2.45, 2.75) is 30.2 Å². The molecule has 2 N–H and O–H groups in total. The highest BCUT2D eigenvalue weighted by molar-refractivity contribution is 9.10. The quantitative estimate of drug-likeness (QED) is 0.847. The highest BCUT2D eigenvalue weighted by Gasteiger charge is 2.35. The molecule has 0 bridgehead atoms. The lowest BCUT2D eigenvalue weighted by molar-refractivity contribution is 0.256. The lowest BCUT2D eigenvalue weighted by Crippen LogP contribution is -2.47. The van der Waals surface area contributed by atoms with E-state index in [0.717, 1.165) is 19.3 Å². The molecule has 0 aliphatic carbocycles. The lowest BCUT2D eigenvalue weighted by atomic mass is 10.1. The number of ether oxygens (including phenoxy) is 1. The van der Waals surface area contributed by atoms with Gasteiger partial charge in [-0.05, 0) is 40.9 Å². The summed E-state index contributed by atoms with van der Waals surface area (Å²) in [5.41, 5.74) is 5.73. The number of methoxy groups -OCH3 is 1. The van der Waals surface area contributed by atoms with Crippen LogP contribution in [0, 0.1) is 0 Å². The van der Waals surface area contributed by atoms with Crippen LogP contribution in [0.3, 0.4) is 0 Å². The lowest BCUT2D eigenvalue weighted by Gasteiger charge is -2.34. The highest BCUT2D eigenvalue weighted by atomic mass is 79.9. The Morgan fingerprint density at radius 2 is 2.19 bits per heavy atom. The van der Waals surface area contributed by atoms with Crippen LogP contribution in [0.2, 0.25) is 5.02 Å². The molecule has 8 heteroatoms. The molecule has 2 rings (SSSR count). The molecule has 1 atom stereocenters. The maximum atomic E-state index is 13.0. The molecule has 1 aliphatic heterocycles. The van der Waals surface area contributed by atoms with Gasteiger partial charge in [0.05, 0.1) is 11.6 Å². The Morgan fingerprint density at radius 3 is 2.81 bits per heavy atom. The Hall–Kier alpha value is -0.340. The molecule has 1 aromatic rings. The monoisotopic (exact) mass is 396 g/mol. The SMILES string of the molecule is COc1c(Br)cc(Cl)cc1S(=O)(=O)N1CCCCC1CN. The number of nitrogens with two attached hydrogens (primary N) is 1. The summed E-state index contributed by atoms with van der Waals surface area (Å²) in [6, 6.07) is 2.85. The topological polar surface area (TPSA) is 72.6 Å². The number of sulfonamides is 1. The maximum absolute atomic E-state index is 13.0. The summed E-state index contributed by atoms with van der Waals surface area (Å²) in [5.74, 6) is 0.265. The highest BCUT2D eigenvalue weighted by Crippen LogP contribution is 2.38. The van der Waals surface area contributed by atoms with Crippen LogP contribution in [-0.4, -0.2) is 39.0 Å². The van der Waals surface area contributed by atoms with E-state index in [0.29, 0.717) is 22.6 Å². The number of hydrogen-bond acceptors (Lipinski definition) is 4. The summed E-state index contributed by atoms with van der Waals surface area (Å²) < 4.78 is 33.1. The molecule has 1 saturated heterocycles. The summed E-state index contributed by atoms with van der Waals surface area (Å²) >= 11 is 9.29. The Labute approximate surface area is 138 Å². The molecule has 1 heterocycles. The van der Waals surface area contributed by atoms with Crippen LogP contribution in [0.4, 0.5) is 0 Å². The number of nitrogens with zero attached hydrogens (tertiary/aromatic N) is 1. The van der Waals surface area contributed by atoms with Gasteiger partial charge in [0.2, 0.25) is 10.0 Å². The van der Waals surface area contributed by atoms with Gasteiger partial charge in [0.15, 0.2) is 5.75 Å². The molecule has 1 aliphatic rings. The van der Waals surface area contributed by atoms with E-state index in [1.807, 2.05) is 0 Å². The first-order valence-corrected chi connectivity index (χ1v) is 9.28. The van der Waals surface area contributed by atoms with E-state index in [4.69, 9.17) is 22.1 Å². The van der Waals surface area contributed by atoms with E-state index < -0.39 is 10.0 Å². The molecular weight excluding hydrogens is 380 g/mol. The van der Waals surface area contributed by atoms with Crippen LogP contribution in [0.1, 0.15) is 19.3 Å². The largest absolute Gasteiger partial charge is 0.494 e. The van der Waals surface area contributed by atoms with Crippen molar-refractivity contribution in [3.63, 3.8) is 0 Å². The summed E-state index contributed by atoms with van der Waals surface area (Å²) in [4.78, 5) is 0.0738. The second-order valence-electron chi connectivity index (χ2n) is 4.92. The summed E-state index contributed by atoms with van der Waals surface area (Å²) in [7, 11) is -2.26. The first-order valence-electron chi connectivity index (χ1n) is 6.66. The third-order valence-electron chi connectivity index (χ3n) is 3.61. The van der Waals surface area contributed by atoms with Gasteiger partial charge < -0.3 is 10.5 Å². The van der Waals surface area contributed by atoms with Gasteiger partial charge in [0.25, 0.3) is 0 Å². The van der Waals surface area contributed by atoms with Gasteiger partial charge in [-0.15, -0.1) is 0 Å². The van der Waals surface area contributed by atoms with Gasteiger partial charge in [-0.3, -0.25) is 0 Å². The van der Waals surface area contributed by atoms with E-state index in [9.17, 15) is 8.42 Å². The van der Waals surface area contributed by atoms with Crippen LogP contribution >= 0.6 is 27.5 Å². The molecule has 0 radical (unpaired) electrons. The van der Waals surface area contributed by atoms with E-state index in [2.05, 4.69) is 15.9 Å². The number of piperidine rings is 1. The minimum Gasteiger partial charge on any atom is -0.494 e. The van der Waals surface area contributed by atoms with Crippen molar-refractivity contribution in [2.24, 2.45) is 5.73 Å². The van der Waals surface area contributed by atoms with Crippen LogP contribution in [-0.2, 0) is 10.0 Å². The fourth-order valence-corrected chi connectivity index (χ4v) is 5.66. The molecule has 1 unspecified atom stereocenters. The molecule has 0 saturated carbocycles. The van der Waals surface area contributed by atoms with Gasteiger partial charge in [0, 0.05) is 24.2 Å². The Kier molecular flexibility index (Phi) is 5.54. The normalized spacial score (nSPS) is 20.5. The van der Waals surface area contributed by atoms with Gasteiger partial charge in [-0.2, -0.15) is 4.31 Å². The number of hydrogen-bond donors (Lipinski definition) is 1. The van der Waals surface area contributed by atoms with Crippen molar-refractivity contribution in [3.8, 4) is 5.75 Å². The molecule has 118 valence electrons. The fraction of sp³-hybridized carbons (Fsp3) is 0.538. The van der Waals surface area contributed by atoms with Crippen LogP contribution in [0.5, 0.6) is 5.75 Å². The fourth-order valence-electron chi connectivity index (χ4n) is 2.58. The zero-order valence-corrected chi connectivity index (χ0v) is 14.8. The Morgan fingerprint density at radius 1 is 1.48 bits per heavy atom.